The highest BCUT2D eigenvalue weighted by Gasteiger charge is 2.34. The molecule has 2 fully saturated rings. The second-order valence-corrected chi connectivity index (χ2v) is 7.62. The second-order valence-electron chi connectivity index (χ2n) is 6.59. The van der Waals surface area contributed by atoms with Crippen molar-refractivity contribution in [2.45, 2.75) is 45.7 Å². The van der Waals surface area contributed by atoms with Gasteiger partial charge in [-0.25, -0.2) is 0 Å². The Morgan fingerprint density at radius 3 is 2.69 bits per heavy atom. The number of rotatable bonds is 1. The largest absolute Gasteiger partial charge is 0.327 e. The second kappa shape index (κ2) is 4.87. The Hall–Kier alpha value is 0.270. The van der Waals surface area contributed by atoms with Gasteiger partial charge in [0, 0.05) is 30.9 Å². The predicted molar refractivity (Wildman–Crippen MR) is 72.8 cm³/mol. The molecule has 3 atom stereocenters. The average molecular weight is 242 g/mol. The van der Waals surface area contributed by atoms with Crippen LogP contribution in [0.25, 0.3) is 0 Å². The minimum atomic E-state index is 0.402. The molecule has 0 aromatic heterocycles. The maximum atomic E-state index is 6.14. The van der Waals surface area contributed by atoms with Crippen LogP contribution in [0.3, 0.4) is 0 Å². The molecular formula is C13H26N2S. The highest BCUT2D eigenvalue weighted by Crippen LogP contribution is 2.36. The molecule has 2 aliphatic heterocycles. The van der Waals surface area contributed by atoms with Gasteiger partial charge in [0.25, 0.3) is 0 Å². The van der Waals surface area contributed by atoms with E-state index >= 15 is 0 Å². The molecule has 0 amide bonds. The molecule has 0 saturated carbocycles. The van der Waals surface area contributed by atoms with Crippen LogP contribution in [0.1, 0.15) is 33.6 Å². The normalized spacial score (nSPS) is 40.9. The van der Waals surface area contributed by atoms with Crippen LogP contribution < -0.4 is 5.73 Å². The standard InChI is InChI=1S/C13H26N2S/c1-10-4-11(14)7-15(6-10)12-5-13(2,3)9-16-8-12/h10-12H,4-9,14H2,1-3H3. The van der Waals surface area contributed by atoms with Crippen LogP contribution >= 0.6 is 11.8 Å². The number of nitrogens with zero attached hydrogens (tertiary/aromatic N) is 1. The van der Waals surface area contributed by atoms with Crippen molar-refractivity contribution < 1.29 is 0 Å². The van der Waals surface area contributed by atoms with E-state index in [1.807, 2.05) is 0 Å². The van der Waals surface area contributed by atoms with Crippen molar-refractivity contribution in [3.8, 4) is 0 Å². The Labute approximate surface area is 104 Å². The predicted octanol–water partition coefficient (Wildman–Crippen LogP) is 2.19. The minimum Gasteiger partial charge on any atom is -0.327 e. The highest BCUT2D eigenvalue weighted by atomic mass is 32.2. The van der Waals surface area contributed by atoms with E-state index in [0.29, 0.717) is 11.5 Å². The molecule has 16 heavy (non-hydrogen) atoms. The van der Waals surface area contributed by atoms with Crippen molar-refractivity contribution in [2.75, 3.05) is 24.6 Å². The third kappa shape index (κ3) is 3.14. The molecule has 0 bridgehead atoms. The Kier molecular flexibility index (Phi) is 3.87. The number of thioether (sulfide) groups is 1. The maximum Gasteiger partial charge on any atom is 0.0192 e. The fourth-order valence-electron chi connectivity index (χ4n) is 3.20. The quantitative estimate of drug-likeness (QED) is 0.764. The first-order valence-electron chi connectivity index (χ1n) is 6.54. The van der Waals surface area contributed by atoms with Crippen LogP contribution in [0.4, 0.5) is 0 Å². The van der Waals surface area contributed by atoms with E-state index in [-0.39, 0.29) is 0 Å². The lowest BCUT2D eigenvalue weighted by Crippen LogP contribution is -2.53. The Bertz CT molecular complexity index is 232. The molecule has 3 unspecified atom stereocenters. The van der Waals surface area contributed by atoms with E-state index in [4.69, 9.17) is 5.73 Å². The smallest absolute Gasteiger partial charge is 0.0192 e. The van der Waals surface area contributed by atoms with E-state index in [9.17, 15) is 0 Å². The van der Waals surface area contributed by atoms with E-state index in [1.54, 1.807) is 0 Å². The molecule has 2 heterocycles. The van der Waals surface area contributed by atoms with Gasteiger partial charge in [-0.15, -0.1) is 0 Å². The van der Waals surface area contributed by atoms with E-state index in [2.05, 4.69) is 37.4 Å². The molecule has 94 valence electrons. The van der Waals surface area contributed by atoms with Crippen molar-refractivity contribution in [1.29, 1.82) is 0 Å². The molecule has 0 aromatic rings. The highest BCUT2D eigenvalue weighted by molar-refractivity contribution is 7.99. The third-order valence-electron chi connectivity index (χ3n) is 3.83. The molecule has 0 aliphatic carbocycles. The molecule has 0 radical (unpaired) electrons. The number of hydrogen-bond acceptors (Lipinski definition) is 3. The van der Waals surface area contributed by atoms with Gasteiger partial charge in [0.05, 0.1) is 0 Å². The zero-order chi connectivity index (χ0) is 11.8. The molecule has 2 rings (SSSR count). The summed E-state index contributed by atoms with van der Waals surface area (Å²) in [6.45, 7) is 9.52. The van der Waals surface area contributed by atoms with Crippen molar-refractivity contribution in [1.82, 2.24) is 4.90 Å². The first-order valence-corrected chi connectivity index (χ1v) is 7.69. The lowest BCUT2D eigenvalue weighted by atomic mass is 9.85. The third-order valence-corrected chi connectivity index (χ3v) is 5.43. The fourth-order valence-corrected chi connectivity index (χ4v) is 4.59. The van der Waals surface area contributed by atoms with E-state index < -0.39 is 0 Å². The summed E-state index contributed by atoms with van der Waals surface area (Å²) in [6.07, 6.45) is 2.55. The van der Waals surface area contributed by atoms with Gasteiger partial charge < -0.3 is 5.73 Å². The van der Waals surface area contributed by atoms with Gasteiger partial charge in [0.2, 0.25) is 0 Å². The molecule has 2 nitrogen and oxygen atoms in total. The van der Waals surface area contributed by atoms with E-state index in [0.717, 1.165) is 18.5 Å². The summed E-state index contributed by atoms with van der Waals surface area (Å²) in [5.41, 5.74) is 6.65. The SMILES string of the molecule is CC1CC(N)CN(C2CSCC(C)(C)C2)C1. The van der Waals surface area contributed by atoms with Gasteiger partial charge in [-0.05, 0) is 29.9 Å². The average Bonchev–Trinajstić information content (AvgIpc) is 2.14. The first kappa shape index (κ1) is 12.7. The summed E-state index contributed by atoms with van der Waals surface area (Å²) in [7, 11) is 0. The maximum absolute atomic E-state index is 6.14. The van der Waals surface area contributed by atoms with Gasteiger partial charge in [-0.3, -0.25) is 4.90 Å². The topological polar surface area (TPSA) is 29.3 Å². The van der Waals surface area contributed by atoms with Crippen LogP contribution in [0.5, 0.6) is 0 Å². The molecular weight excluding hydrogens is 216 g/mol. The molecule has 3 heteroatoms. The van der Waals surface area contributed by atoms with Crippen LogP contribution in [0.2, 0.25) is 0 Å². The monoisotopic (exact) mass is 242 g/mol. The van der Waals surface area contributed by atoms with Gasteiger partial charge in [-0.2, -0.15) is 11.8 Å². The molecule has 2 aliphatic rings. The van der Waals surface area contributed by atoms with Crippen molar-refractivity contribution >= 4 is 11.8 Å². The minimum absolute atomic E-state index is 0.402. The number of likely N-dealkylation sites (tertiary alicyclic amines) is 1. The molecule has 0 spiro atoms. The summed E-state index contributed by atoms with van der Waals surface area (Å²) in [4.78, 5) is 2.66. The fraction of sp³-hybridized carbons (Fsp3) is 1.00. The Morgan fingerprint density at radius 1 is 1.31 bits per heavy atom. The van der Waals surface area contributed by atoms with Crippen LogP contribution in [0.15, 0.2) is 0 Å². The Balaban J connectivity index is 1.96. The van der Waals surface area contributed by atoms with Crippen molar-refractivity contribution in [2.24, 2.45) is 17.1 Å². The lowest BCUT2D eigenvalue weighted by Gasteiger charge is -2.45. The van der Waals surface area contributed by atoms with Crippen molar-refractivity contribution in [3.05, 3.63) is 0 Å². The number of hydrogen-bond donors (Lipinski definition) is 1. The lowest BCUT2D eigenvalue weighted by molar-refractivity contribution is 0.0982. The number of piperidine rings is 1. The van der Waals surface area contributed by atoms with Crippen LogP contribution in [0, 0.1) is 11.3 Å². The summed E-state index contributed by atoms with van der Waals surface area (Å²) >= 11 is 2.12. The summed E-state index contributed by atoms with van der Waals surface area (Å²) < 4.78 is 0. The Morgan fingerprint density at radius 2 is 2.06 bits per heavy atom. The van der Waals surface area contributed by atoms with Gasteiger partial charge >= 0.3 is 0 Å². The zero-order valence-corrected chi connectivity index (χ0v) is 11.7. The number of nitrogens with two attached hydrogens (primary N) is 1. The summed E-state index contributed by atoms with van der Waals surface area (Å²) in [6, 6.07) is 1.17. The summed E-state index contributed by atoms with van der Waals surface area (Å²) in [5, 5.41) is 0. The van der Waals surface area contributed by atoms with Crippen LogP contribution in [-0.2, 0) is 0 Å². The van der Waals surface area contributed by atoms with Crippen LogP contribution in [-0.4, -0.2) is 41.6 Å². The molecule has 2 N–H and O–H groups in total. The first-order chi connectivity index (χ1) is 7.46. The van der Waals surface area contributed by atoms with Gasteiger partial charge in [0.1, 0.15) is 0 Å². The summed E-state index contributed by atoms with van der Waals surface area (Å²) in [5.74, 6) is 3.40. The zero-order valence-electron chi connectivity index (χ0n) is 10.9. The van der Waals surface area contributed by atoms with E-state index in [1.165, 1.54) is 30.9 Å². The van der Waals surface area contributed by atoms with Crippen molar-refractivity contribution in [3.63, 3.8) is 0 Å². The van der Waals surface area contributed by atoms with Gasteiger partial charge in [0.15, 0.2) is 0 Å². The molecule has 0 aromatic carbocycles. The molecule has 2 saturated heterocycles. The van der Waals surface area contributed by atoms with Gasteiger partial charge in [-0.1, -0.05) is 20.8 Å².